The van der Waals surface area contributed by atoms with Crippen molar-refractivity contribution in [2.45, 2.75) is 19.4 Å². The summed E-state index contributed by atoms with van der Waals surface area (Å²) in [5.74, 6) is 5.42. The Labute approximate surface area is 212 Å². The van der Waals surface area contributed by atoms with Gasteiger partial charge in [-0.2, -0.15) is 0 Å². The van der Waals surface area contributed by atoms with E-state index >= 15 is 0 Å². The third kappa shape index (κ3) is 6.20. The van der Waals surface area contributed by atoms with Crippen LogP contribution in [-0.2, 0) is 16.1 Å². The number of aliphatic carboxylic acids is 1. The van der Waals surface area contributed by atoms with E-state index in [4.69, 9.17) is 16.7 Å². The number of carboxylic acid groups (broad SMARTS) is 1. The Kier molecular flexibility index (Phi) is 8.06. The van der Waals surface area contributed by atoms with Crippen molar-refractivity contribution >= 4 is 45.3 Å². The van der Waals surface area contributed by atoms with Crippen molar-refractivity contribution in [1.29, 1.82) is 0 Å². The molecular weight excluding hydrogens is 486 g/mol. The van der Waals surface area contributed by atoms with Gasteiger partial charge in [-0.25, -0.2) is 9.22 Å². The highest BCUT2D eigenvalue weighted by Crippen LogP contribution is 2.24. The second-order valence-electron chi connectivity index (χ2n) is 8.39. The lowest BCUT2D eigenvalue weighted by Crippen LogP contribution is -2.57. The number of hydrazine groups is 1. The SMILES string of the molecule is CC(CC(=O)O)N(N1CCN(c2ccc(C#Cc3ccc4c(Cl)cccc4c3)cc2)CC1)S(=O)O. The third-order valence-electron chi connectivity index (χ3n) is 5.95. The first kappa shape index (κ1) is 25.2. The van der Waals surface area contributed by atoms with E-state index in [1.807, 2.05) is 60.7 Å². The molecule has 182 valence electrons. The zero-order chi connectivity index (χ0) is 24.9. The molecule has 1 aliphatic rings. The highest BCUT2D eigenvalue weighted by Gasteiger charge is 2.30. The number of halogens is 1. The van der Waals surface area contributed by atoms with Crippen molar-refractivity contribution in [3.05, 3.63) is 76.8 Å². The smallest absolute Gasteiger partial charge is 0.305 e. The normalized spacial score (nSPS) is 16.1. The van der Waals surface area contributed by atoms with Gasteiger partial charge >= 0.3 is 5.97 Å². The molecule has 2 unspecified atom stereocenters. The van der Waals surface area contributed by atoms with Gasteiger partial charge in [-0.1, -0.05) is 41.6 Å². The van der Waals surface area contributed by atoms with Crippen LogP contribution in [0.3, 0.4) is 0 Å². The first-order chi connectivity index (χ1) is 16.8. The molecule has 1 saturated heterocycles. The van der Waals surface area contributed by atoms with E-state index in [1.165, 1.54) is 4.41 Å². The van der Waals surface area contributed by atoms with Crippen LogP contribution in [0.2, 0.25) is 5.02 Å². The Morgan fingerprint density at radius 3 is 2.37 bits per heavy atom. The topological polar surface area (TPSA) is 84.3 Å². The van der Waals surface area contributed by atoms with E-state index < -0.39 is 23.3 Å². The molecular formula is C26H26ClN3O4S. The van der Waals surface area contributed by atoms with Crippen LogP contribution in [0.1, 0.15) is 24.5 Å². The molecule has 2 atom stereocenters. The average molecular weight is 512 g/mol. The monoisotopic (exact) mass is 511 g/mol. The van der Waals surface area contributed by atoms with E-state index in [0.29, 0.717) is 26.2 Å². The zero-order valence-electron chi connectivity index (χ0n) is 19.2. The maximum atomic E-state index is 11.8. The molecule has 0 saturated carbocycles. The van der Waals surface area contributed by atoms with Gasteiger partial charge in [0.1, 0.15) is 0 Å². The molecule has 35 heavy (non-hydrogen) atoms. The third-order valence-corrected chi connectivity index (χ3v) is 7.19. The van der Waals surface area contributed by atoms with Gasteiger partial charge in [0.2, 0.25) is 11.3 Å². The lowest BCUT2D eigenvalue weighted by atomic mass is 10.1. The minimum atomic E-state index is -2.28. The minimum Gasteiger partial charge on any atom is -0.481 e. The van der Waals surface area contributed by atoms with Crippen LogP contribution in [0.15, 0.2) is 60.7 Å². The van der Waals surface area contributed by atoms with Crippen molar-refractivity contribution in [3.8, 4) is 11.8 Å². The van der Waals surface area contributed by atoms with Gasteiger partial charge < -0.3 is 10.0 Å². The molecule has 0 bridgehead atoms. The highest BCUT2D eigenvalue weighted by molar-refractivity contribution is 7.76. The van der Waals surface area contributed by atoms with Crippen molar-refractivity contribution in [3.63, 3.8) is 0 Å². The van der Waals surface area contributed by atoms with Crippen LogP contribution >= 0.6 is 11.6 Å². The minimum absolute atomic E-state index is 0.206. The number of anilines is 1. The molecule has 7 nitrogen and oxygen atoms in total. The van der Waals surface area contributed by atoms with Crippen LogP contribution in [0.25, 0.3) is 10.8 Å². The van der Waals surface area contributed by atoms with Crippen LogP contribution < -0.4 is 4.90 Å². The summed E-state index contributed by atoms with van der Waals surface area (Å²) in [4.78, 5) is 13.2. The predicted octanol–water partition coefficient (Wildman–Crippen LogP) is 4.23. The molecule has 4 rings (SSSR count). The highest BCUT2D eigenvalue weighted by atomic mass is 35.5. The number of fused-ring (bicyclic) bond motifs is 1. The fourth-order valence-corrected chi connectivity index (χ4v) is 5.22. The van der Waals surface area contributed by atoms with E-state index in [1.54, 1.807) is 11.9 Å². The molecule has 3 aromatic carbocycles. The van der Waals surface area contributed by atoms with Crippen molar-refractivity contribution in [2.24, 2.45) is 0 Å². The first-order valence-corrected chi connectivity index (χ1v) is 12.7. The summed E-state index contributed by atoms with van der Waals surface area (Å²) in [7, 11) is 0. The van der Waals surface area contributed by atoms with E-state index in [9.17, 15) is 13.6 Å². The van der Waals surface area contributed by atoms with Gasteiger partial charge in [0.15, 0.2) is 0 Å². The van der Waals surface area contributed by atoms with Crippen LogP contribution in [0.5, 0.6) is 0 Å². The molecule has 0 aromatic heterocycles. The molecule has 0 aliphatic carbocycles. The number of rotatable bonds is 6. The lowest BCUT2D eigenvalue weighted by Gasteiger charge is -2.41. The zero-order valence-corrected chi connectivity index (χ0v) is 20.8. The van der Waals surface area contributed by atoms with E-state index in [-0.39, 0.29) is 6.42 Å². The number of hydrogen-bond acceptors (Lipinski definition) is 4. The molecule has 1 fully saturated rings. The van der Waals surface area contributed by atoms with Crippen LogP contribution in [0, 0.1) is 11.8 Å². The molecule has 0 spiro atoms. The van der Waals surface area contributed by atoms with Gasteiger partial charge in [-0.15, -0.1) is 4.41 Å². The van der Waals surface area contributed by atoms with Crippen LogP contribution in [-0.4, -0.2) is 61.5 Å². The Balaban J connectivity index is 1.39. The van der Waals surface area contributed by atoms with Crippen molar-refractivity contribution in [2.75, 3.05) is 31.1 Å². The number of carboxylic acids is 1. The van der Waals surface area contributed by atoms with Gasteiger partial charge in [0, 0.05) is 59.4 Å². The molecule has 9 heteroatoms. The number of benzene rings is 3. The lowest BCUT2D eigenvalue weighted by molar-refractivity contribution is -0.139. The number of nitrogens with zero attached hydrogens (tertiary/aromatic N) is 3. The maximum Gasteiger partial charge on any atom is 0.305 e. The largest absolute Gasteiger partial charge is 0.481 e. The standard InChI is InChI=1S/C26H26ClN3O4S/c1-19(17-26(31)32)30(35(33)34)29-15-13-28(14-16-29)23-10-7-20(8-11-23)5-6-21-9-12-24-22(18-21)3-2-4-25(24)27/h2-4,7-12,18-19H,13-17H2,1H3,(H,31,32)(H,33,34). The molecule has 1 heterocycles. The van der Waals surface area contributed by atoms with Gasteiger partial charge in [-0.05, 0) is 54.8 Å². The van der Waals surface area contributed by atoms with Gasteiger partial charge in [0.05, 0.1) is 6.42 Å². The summed E-state index contributed by atoms with van der Waals surface area (Å²) in [6.45, 7) is 3.98. The summed E-state index contributed by atoms with van der Waals surface area (Å²) >= 11 is 3.96. The van der Waals surface area contributed by atoms with E-state index in [0.717, 1.165) is 32.6 Å². The fraction of sp³-hybridized carbons (Fsp3) is 0.269. The second-order valence-corrected chi connectivity index (χ2v) is 9.64. The molecule has 3 aromatic rings. The summed E-state index contributed by atoms with van der Waals surface area (Å²) < 4.78 is 22.8. The Morgan fingerprint density at radius 1 is 1.06 bits per heavy atom. The molecule has 0 amide bonds. The number of piperazine rings is 1. The summed E-state index contributed by atoms with van der Waals surface area (Å²) in [6.07, 6.45) is -0.206. The van der Waals surface area contributed by atoms with Gasteiger partial charge in [-0.3, -0.25) is 9.35 Å². The quantitative estimate of drug-likeness (QED) is 0.380. The summed E-state index contributed by atoms with van der Waals surface area (Å²) in [5.41, 5.74) is 2.87. The Morgan fingerprint density at radius 2 is 1.71 bits per heavy atom. The van der Waals surface area contributed by atoms with Crippen molar-refractivity contribution < 1.29 is 18.7 Å². The Bertz CT molecular complexity index is 1300. The van der Waals surface area contributed by atoms with Crippen LogP contribution in [0.4, 0.5) is 5.69 Å². The molecule has 1 aliphatic heterocycles. The molecule has 2 N–H and O–H groups in total. The summed E-state index contributed by atoms with van der Waals surface area (Å²) in [6, 6.07) is 19.2. The second kappa shape index (κ2) is 11.2. The first-order valence-electron chi connectivity index (χ1n) is 11.2. The average Bonchev–Trinajstić information content (AvgIpc) is 2.83. The van der Waals surface area contributed by atoms with Gasteiger partial charge in [0.25, 0.3) is 0 Å². The number of hydrogen-bond donors (Lipinski definition) is 2. The van der Waals surface area contributed by atoms with Crippen molar-refractivity contribution in [1.82, 2.24) is 9.42 Å². The summed E-state index contributed by atoms with van der Waals surface area (Å²) in [5, 5.41) is 13.6. The number of carbonyl (C=O) groups is 1. The Hall–Kier alpha value is -2.93. The fourth-order valence-electron chi connectivity index (χ4n) is 4.24. The molecule has 0 radical (unpaired) electrons. The van der Waals surface area contributed by atoms with E-state index in [2.05, 4.69) is 16.7 Å². The maximum absolute atomic E-state index is 11.8. The predicted molar refractivity (Wildman–Crippen MR) is 139 cm³/mol.